The Morgan fingerprint density at radius 1 is 0.667 bits per heavy atom. The Kier molecular flexibility index (Phi) is 3.75. The molecule has 6 unspecified atom stereocenters. The Labute approximate surface area is 114 Å². The van der Waals surface area contributed by atoms with Gasteiger partial charge in [-0.05, 0) is 0 Å². The molecule has 0 amide bonds. The molecule has 21 heavy (non-hydrogen) atoms. The molecule has 2 aliphatic heterocycles. The summed E-state index contributed by atoms with van der Waals surface area (Å²) in [5, 5.41) is 0. The van der Waals surface area contributed by atoms with Gasteiger partial charge in [-0.25, -0.2) is 34.7 Å². The van der Waals surface area contributed by atoms with Crippen LogP contribution in [-0.4, -0.2) is 52.9 Å². The number of halogens is 6. The van der Waals surface area contributed by atoms with Gasteiger partial charge in [0.15, 0.2) is 17.8 Å². The summed E-state index contributed by atoms with van der Waals surface area (Å²) < 4.78 is 132. The van der Waals surface area contributed by atoms with Crippen molar-refractivity contribution in [2.24, 2.45) is 5.41 Å². The maximum absolute atomic E-state index is 13.8. The van der Waals surface area contributed by atoms with Gasteiger partial charge < -0.3 is 0 Å². The zero-order valence-corrected chi connectivity index (χ0v) is 11.1. The van der Waals surface area contributed by atoms with Gasteiger partial charge >= 0.3 is 20.2 Å². The zero-order valence-electron chi connectivity index (χ0n) is 9.50. The fourth-order valence-electron chi connectivity index (χ4n) is 2.01. The highest BCUT2D eigenvalue weighted by atomic mass is 32.2. The minimum absolute atomic E-state index is 3.38. The van der Waals surface area contributed by atoms with Crippen molar-refractivity contribution in [3.05, 3.63) is 0 Å². The smallest absolute Gasteiger partial charge is 0.242 e. The molecular formula is C7H6F6O6S2. The molecule has 0 aromatic carbocycles. The highest BCUT2D eigenvalue weighted by Crippen LogP contribution is 2.54. The molecule has 2 saturated heterocycles. The Morgan fingerprint density at radius 3 is 1.24 bits per heavy atom. The van der Waals surface area contributed by atoms with Gasteiger partial charge in [-0.1, -0.05) is 0 Å². The Bertz CT molecular complexity index is 580. The van der Waals surface area contributed by atoms with Gasteiger partial charge in [0, 0.05) is 0 Å². The van der Waals surface area contributed by atoms with Crippen molar-refractivity contribution in [3.63, 3.8) is 0 Å². The van der Waals surface area contributed by atoms with Crippen LogP contribution in [0, 0.1) is 5.41 Å². The van der Waals surface area contributed by atoms with E-state index < -0.39 is 61.7 Å². The van der Waals surface area contributed by atoms with Crippen LogP contribution in [0.1, 0.15) is 0 Å². The van der Waals surface area contributed by atoms with Crippen LogP contribution in [0.15, 0.2) is 0 Å². The molecule has 0 aromatic heterocycles. The van der Waals surface area contributed by atoms with Gasteiger partial charge in [-0.15, -0.1) is 0 Å². The van der Waals surface area contributed by atoms with Gasteiger partial charge in [0.1, 0.15) is 0 Å². The molecule has 0 N–H and O–H groups in total. The van der Waals surface area contributed by atoms with E-state index in [1.807, 2.05) is 0 Å². The Balaban J connectivity index is 2.59. The lowest BCUT2D eigenvalue weighted by Crippen LogP contribution is -2.69. The number of hydrogen-bond acceptors (Lipinski definition) is 6. The van der Waals surface area contributed by atoms with E-state index >= 15 is 0 Å². The third kappa shape index (κ3) is 2.06. The summed E-state index contributed by atoms with van der Waals surface area (Å²) in [4.78, 5) is 0. The average molecular weight is 364 g/mol. The second-order valence-corrected chi connectivity index (χ2v) is 7.57. The van der Waals surface area contributed by atoms with Crippen LogP contribution in [0.2, 0.25) is 0 Å². The molecule has 0 radical (unpaired) electrons. The molecule has 0 aromatic rings. The van der Waals surface area contributed by atoms with E-state index in [9.17, 15) is 43.2 Å². The van der Waals surface area contributed by atoms with Gasteiger partial charge in [0.25, 0.3) is 11.0 Å². The van der Waals surface area contributed by atoms with E-state index in [0.717, 1.165) is 0 Å². The summed E-state index contributed by atoms with van der Waals surface area (Å²) in [6.45, 7) is 0. The van der Waals surface area contributed by atoms with Crippen molar-refractivity contribution in [3.8, 4) is 0 Å². The first-order chi connectivity index (χ1) is 9.39. The van der Waals surface area contributed by atoms with Crippen LogP contribution in [-0.2, 0) is 28.6 Å². The van der Waals surface area contributed by atoms with Crippen LogP contribution < -0.4 is 0 Å². The predicted octanol–water partition coefficient (Wildman–Crippen LogP) is 0.551. The first kappa shape index (κ1) is 16.8. The molecule has 2 aliphatic rings. The maximum Gasteiger partial charge on any atom is 0.305 e. The number of rotatable bonds is 0. The lowest BCUT2D eigenvalue weighted by molar-refractivity contribution is -0.246. The van der Waals surface area contributed by atoms with Gasteiger partial charge in [0.05, 0.1) is 0 Å². The van der Waals surface area contributed by atoms with Crippen LogP contribution >= 0.6 is 0 Å². The standard InChI is InChI=1S/C7H6F6O6S2/c8-1-3(10)20(14,15)18-5(12)7(1)2(9)4(11)21(16,17)19-6(7)13/h1-6H. The summed E-state index contributed by atoms with van der Waals surface area (Å²) in [6.07, 6.45) is -15.1. The molecule has 0 aliphatic carbocycles. The highest BCUT2D eigenvalue weighted by Gasteiger charge is 2.75. The van der Waals surface area contributed by atoms with Crippen molar-refractivity contribution < 1.29 is 51.5 Å². The molecule has 2 fully saturated rings. The van der Waals surface area contributed by atoms with Crippen molar-refractivity contribution in [2.75, 3.05) is 0 Å². The van der Waals surface area contributed by atoms with E-state index in [0.29, 0.717) is 0 Å². The van der Waals surface area contributed by atoms with Crippen molar-refractivity contribution >= 4 is 20.2 Å². The fraction of sp³-hybridized carbons (Fsp3) is 1.00. The maximum atomic E-state index is 13.8. The quantitative estimate of drug-likeness (QED) is 0.461. The van der Waals surface area contributed by atoms with Crippen molar-refractivity contribution in [1.29, 1.82) is 0 Å². The minimum atomic E-state index is -5.51. The van der Waals surface area contributed by atoms with Gasteiger partial charge in [-0.2, -0.15) is 16.8 Å². The molecule has 1 spiro atoms. The zero-order chi connectivity index (χ0) is 16.4. The van der Waals surface area contributed by atoms with Crippen LogP contribution in [0.3, 0.4) is 0 Å². The van der Waals surface area contributed by atoms with E-state index in [4.69, 9.17) is 0 Å². The topological polar surface area (TPSA) is 86.7 Å². The molecule has 2 heterocycles. The lowest BCUT2D eigenvalue weighted by atomic mass is 9.78. The second-order valence-electron chi connectivity index (χ2n) is 4.32. The summed E-state index contributed by atoms with van der Waals surface area (Å²) >= 11 is 0. The monoisotopic (exact) mass is 364 g/mol. The van der Waals surface area contributed by atoms with Crippen LogP contribution in [0.25, 0.3) is 0 Å². The van der Waals surface area contributed by atoms with E-state index in [1.54, 1.807) is 0 Å². The third-order valence-corrected chi connectivity index (χ3v) is 5.65. The molecule has 6 nitrogen and oxygen atoms in total. The molecule has 2 rings (SSSR count). The second kappa shape index (κ2) is 4.70. The SMILES string of the molecule is O=S1(=O)OC(F)C2(C(F)OS(=O)(=O)C(F)C2F)C(F)C1F. The van der Waals surface area contributed by atoms with Crippen molar-refractivity contribution in [1.82, 2.24) is 0 Å². The first-order valence-corrected chi connectivity index (χ1v) is 8.02. The minimum Gasteiger partial charge on any atom is -0.242 e. The number of hydrogen-bond donors (Lipinski definition) is 0. The van der Waals surface area contributed by atoms with Crippen molar-refractivity contribution in [2.45, 2.75) is 36.1 Å². The van der Waals surface area contributed by atoms with Gasteiger partial charge in [0.2, 0.25) is 12.7 Å². The fourth-order valence-corrected chi connectivity index (χ4v) is 4.08. The summed E-state index contributed by atoms with van der Waals surface area (Å²) in [5.41, 5.74) is -11.6. The molecule has 14 heteroatoms. The van der Waals surface area contributed by atoms with E-state index in [1.165, 1.54) is 0 Å². The molecule has 0 bridgehead atoms. The lowest BCUT2D eigenvalue weighted by Gasteiger charge is -2.47. The highest BCUT2D eigenvalue weighted by molar-refractivity contribution is 7.87. The van der Waals surface area contributed by atoms with Crippen LogP contribution in [0.4, 0.5) is 26.3 Å². The largest absolute Gasteiger partial charge is 0.305 e. The number of alkyl halides is 6. The van der Waals surface area contributed by atoms with E-state index in [-0.39, 0.29) is 0 Å². The van der Waals surface area contributed by atoms with Gasteiger partial charge in [-0.3, -0.25) is 0 Å². The van der Waals surface area contributed by atoms with E-state index in [2.05, 4.69) is 8.37 Å². The third-order valence-electron chi connectivity index (χ3n) is 3.19. The Morgan fingerprint density at radius 2 is 0.952 bits per heavy atom. The molecule has 124 valence electrons. The Hall–Kier alpha value is -0.600. The normalized spacial score (nSPS) is 52.7. The predicted molar refractivity (Wildman–Crippen MR) is 51.8 cm³/mol. The van der Waals surface area contributed by atoms with Crippen LogP contribution in [0.5, 0.6) is 0 Å². The molecule has 0 saturated carbocycles. The summed E-state index contributed by atoms with van der Waals surface area (Å²) in [5.74, 6) is 0. The summed E-state index contributed by atoms with van der Waals surface area (Å²) in [7, 11) is -11.0. The molecular weight excluding hydrogens is 358 g/mol. The first-order valence-electron chi connectivity index (χ1n) is 5.07. The average Bonchev–Trinajstić information content (AvgIpc) is 2.33. The summed E-state index contributed by atoms with van der Waals surface area (Å²) in [6, 6.07) is 0. The molecule has 6 atom stereocenters.